The Morgan fingerprint density at radius 1 is 1.15 bits per heavy atom. The van der Waals surface area contributed by atoms with Gasteiger partial charge in [0.2, 0.25) is 5.91 Å². The van der Waals surface area contributed by atoms with Crippen LogP contribution in [0.25, 0.3) is 0 Å². The molecule has 1 atom stereocenters. The molecule has 0 aromatic rings. The van der Waals surface area contributed by atoms with Crippen molar-refractivity contribution in [1.29, 1.82) is 0 Å². The van der Waals surface area contributed by atoms with Crippen molar-refractivity contribution in [3.8, 4) is 0 Å². The summed E-state index contributed by atoms with van der Waals surface area (Å²) in [5, 5.41) is 9.60. The first-order chi connectivity index (χ1) is 12.1. The minimum atomic E-state index is 0. The first-order valence-corrected chi connectivity index (χ1v) is 9.99. The van der Waals surface area contributed by atoms with Gasteiger partial charge in [-0.2, -0.15) is 0 Å². The van der Waals surface area contributed by atoms with Crippen molar-refractivity contribution in [2.45, 2.75) is 78.4 Å². The number of aliphatic imine (C=N–C) groups is 1. The van der Waals surface area contributed by atoms with E-state index in [1.165, 1.54) is 19.3 Å². The van der Waals surface area contributed by atoms with Gasteiger partial charge in [0.15, 0.2) is 5.96 Å². The number of ether oxygens (including phenoxy) is 1. The van der Waals surface area contributed by atoms with Crippen LogP contribution in [0.15, 0.2) is 4.99 Å². The number of guanidine groups is 1. The summed E-state index contributed by atoms with van der Waals surface area (Å²) in [4.78, 5) is 16.5. The van der Waals surface area contributed by atoms with Crippen molar-refractivity contribution in [3.63, 3.8) is 0 Å². The number of carbonyl (C=O) groups excluding carboxylic acids is 1. The fourth-order valence-corrected chi connectivity index (χ4v) is 3.17. The van der Waals surface area contributed by atoms with Gasteiger partial charge < -0.3 is 20.7 Å². The van der Waals surface area contributed by atoms with Crippen LogP contribution in [0.1, 0.15) is 66.2 Å². The highest BCUT2D eigenvalue weighted by atomic mass is 127. The summed E-state index contributed by atoms with van der Waals surface area (Å²) in [6.07, 6.45) is 7.09. The Hall–Kier alpha value is -0.570. The summed E-state index contributed by atoms with van der Waals surface area (Å²) in [7, 11) is 0. The molecular formula is C19H39IN4O2. The molecule has 1 aliphatic carbocycles. The van der Waals surface area contributed by atoms with Crippen LogP contribution in [0.5, 0.6) is 0 Å². The molecule has 3 N–H and O–H groups in total. The molecule has 0 radical (unpaired) electrons. The van der Waals surface area contributed by atoms with Gasteiger partial charge in [-0.1, -0.05) is 33.1 Å². The molecule has 1 saturated carbocycles. The Bertz CT molecular complexity index is 399. The highest BCUT2D eigenvalue weighted by Crippen LogP contribution is 2.17. The van der Waals surface area contributed by atoms with Gasteiger partial charge in [0, 0.05) is 25.7 Å². The molecule has 1 fully saturated rings. The van der Waals surface area contributed by atoms with Crippen LogP contribution < -0.4 is 16.0 Å². The molecule has 1 amide bonds. The van der Waals surface area contributed by atoms with Crippen LogP contribution in [-0.2, 0) is 9.53 Å². The van der Waals surface area contributed by atoms with Gasteiger partial charge in [0.25, 0.3) is 0 Å². The van der Waals surface area contributed by atoms with Crippen LogP contribution in [0, 0.1) is 5.92 Å². The van der Waals surface area contributed by atoms with E-state index in [1.54, 1.807) is 0 Å². The largest absolute Gasteiger partial charge is 0.378 e. The molecule has 1 rings (SSSR count). The summed E-state index contributed by atoms with van der Waals surface area (Å²) < 4.78 is 5.76. The predicted molar refractivity (Wildman–Crippen MR) is 119 cm³/mol. The molecule has 0 aliphatic heterocycles. The lowest BCUT2D eigenvalue weighted by atomic mass is 9.95. The van der Waals surface area contributed by atoms with Crippen molar-refractivity contribution >= 4 is 35.8 Å². The SMILES string of the molecule is CCNC(=NCC(=O)NC1CCCCC1)NCCC(OCC)C(C)C.I. The van der Waals surface area contributed by atoms with E-state index in [2.05, 4.69) is 34.8 Å². The molecular weight excluding hydrogens is 443 g/mol. The van der Waals surface area contributed by atoms with E-state index >= 15 is 0 Å². The smallest absolute Gasteiger partial charge is 0.242 e. The number of carbonyl (C=O) groups is 1. The summed E-state index contributed by atoms with van der Waals surface area (Å²) in [6.45, 7) is 10.9. The molecule has 1 unspecified atom stereocenters. The zero-order valence-electron chi connectivity index (χ0n) is 17.0. The fourth-order valence-electron chi connectivity index (χ4n) is 3.17. The van der Waals surface area contributed by atoms with Gasteiger partial charge in [-0.05, 0) is 39.0 Å². The number of hydrogen-bond donors (Lipinski definition) is 3. The lowest BCUT2D eigenvalue weighted by Gasteiger charge is -2.22. The predicted octanol–water partition coefficient (Wildman–Crippen LogP) is 3.06. The third-order valence-electron chi connectivity index (χ3n) is 4.54. The Kier molecular flexibility index (Phi) is 15.1. The zero-order chi connectivity index (χ0) is 18.5. The van der Waals surface area contributed by atoms with E-state index in [0.717, 1.165) is 39.0 Å². The summed E-state index contributed by atoms with van der Waals surface area (Å²) in [5.74, 6) is 1.20. The van der Waals surface area contributed by atoms with Gasteiger partial charge >= 0.3 is 0 Å². The minimum absolute atomic E-state index is 0. The van der Waals surface area contributed by atoms with Gasteiger partial charge in [0.05, 0.1) is 6.10 Å². The molecule has 0 bridgehead atoms. The Labute approximate surface area is 176 Å². The number of nitrogens with zero attached hydrogens (tertiary/aromatic N) is 1. The second kappa shape index (κ2) is 15.5. The van der Waals surface area contributed by atoms with Gasteiger partial charge in [-0.25, -0.2) is 4.99 Å². The first kappa shape index (κ1) is 25.4. The summed E-state index contributed by atoms with van der Waals surface area (Å²) >= 11 is 0. The summed E-state index contributed by atoms with van der Waals surface area (Å²) in [5.41, 5.74) is 0. The molecule has 154 valence electrons. The molecule has 0 spiro atoms. The van der Waals surface area contributed by atoms with E-state index in [1.807, 2.05) is 13.8 Å². The molecule has 0 aromatic heterocycles. The molecule has 0 heterocycles. The van der Waals surface area contributed by atoms with E-state index in [9.17, 15) is 4.79 Å². The normalized spacial score (nSPS) is 16.7. The average Bonchev–Trinajstić information content (AvgIpc) is 2.59. The van der Waals surface area contributed by atoms with Crippen LogP contribution in [0.3, 0.4) is 0 Å². The van der Waals surface area contributed by atoms with E-state index in [0.29, 0.717) is 17.9 Å². The maximum atomic E-state index is 12.1. The summed E-state index contributed by atoms with van der Waals surface area (Å²) in [6, 6.07) is 0.338. The minimum Gasteiger partial charge on any atom is -0.378 e. The third-order valence-corrected chi connectivity index (χ3v) is 4.54. The van der Waals surface area contributed by atoms with Crippen LogP contribution in [-0.4, -0.2) is 50.3 Å². The van der Waals surface area contributed by atoms with Crippen molar-refractivity contribution in [1.82, 2.24) is 16.0 Å². The lowest BCUT2D eigenvalue weighted by molar-refractivity contribution is -0.120. The topological polar surface area (TPSA) is 74.8 Å². The number of rotatable bonds is 10. The van der Waals surface area contributed by atoms with Gasteiger partial charge in [-0.3, -0.25) is 4.79 Å². The highest BCUT2D eigenvalue weighted by Gasteiger charge is 2.16. The molecule has 0 aromatic carbocycles. The second-order valence-corrected chi connectivity index (χ2v) is 7.05. The molecule has 26 heavy (non-hydrogen) atoms. The third kappa shape index (κ3) is 11.2. The van der Waals surface area contributed by atoms with Crippen LogP contribution in [0.2, 0.25) is 0 Å². The number of nitrogens with one attached hydrogen (secondary N) is 3. The highest BCUT2D eigenvalue weighted by molar-refractivity contribution is 14.0. The van der Waals surface area contributed by atoms with Crippen LogP contribution in [0.4, 0.5) is 0 Å². The van der Waals surface area contributed by atoms with E-state index < -0.39 is 0 Å². The van der Waals surface area contributed by atoms with Crippen LogP contribution >= 0.6 is 24.0 Å². The molecule has 0 saturated heterocycles. The van der Waals surface area contributed by atoms with Crippen molar-refractivity contribution in [3.05, 3.63) is 0 Å². The maximum absolute atomic E-state index is 12.1. The Balaban J connectivity index is 0.00000625. The van der Waals surface area contributed by atoms with Crippen molar-refractivity contribution in [2.24, 2.45) is 10.9 Å². The second-order valence-electron chi connectivity index (χ2n) is 7.05. The van der Waals surface area contributed by atoms with Crippen molar-refractivity contribution < 1.29 is 9.53 Å². The number of amides is 1. The molecule has 1 aliphatic rings. The first-order valence-electron chi connectivity index (χ1n) is 9.99. The van der Waals surface area contributed by atoms with Gasteiger partial charge in [-0.15, -0.1) is 24.0 Å². The molecule has 6 nitrogen and oxygen atoms in total. The monoisotopic (exact) mass is 482 g/mol. The zero-order valence-corrected chi connectivity index (χ0v) is 19.3. The average molecular weight is 482 g/mol. The van der Waals surface area contributed by atoms with E-state index in [4.69, 9.17) is 4.74 Å². The number of hydrogen-bond acceptors (Lipinski definition) is 3. The quantitative estimate of drug-likeness (QED) is 0.254. The Morgan fingerprint density at radius 3 is 2.42 bits per heavy atom. The number of halogens is 1. The maximum Gasteiger partial charge on any atom is 0.242 e. The standard InChI is InChI=1S/C19H38N4O2.HI/c1-5-20-19(21-13-12-17(15(3)4)25-6-2)22-14-18(24)23-16-10-8-7-9-11-16;/h15-17H,5-14H2,1-4H3,(H,23,24)(H2,20,21,22);1H. The Morgan fingerprint density at radius 2 is 1.85 bits per heavy atom. The fraction of sp³-hybridized carbons (Fsp3) is 0.895. The van der Waals surface area contributed by atoms with Gasteiger partial charge in [0.1, 0.15) is 6.54 Å². The van der Waals surface area contributed by atoms with E-state index in [-0.39, 0.29) is 42.5 Å². The van der Waals surface area contributed by atoms with Crippen molar-refractivity contribution in [2.75, 3.05) is 26.2 Å². The lowest BCUT2D eigenvalue weighted by Crippen LogP contribution is -2.41. The molecule has 7 heteroatoms.